The van der Waals surface area contributed by atoms with Crippen LogP contribution in [0, 0.1) is 0 Å². The summed E-state index contributed by atoms with van der Waals surface area (Å²) < 4.78 is 21.4. The van der Waals surface area contributed by atoms with Crippen LogP contribution in [-0.2, 0) is 15.0 Å². The average molecular weight is 689 g/mol. The molecule has 50 heavy (non-hydrogen) atoms. The van der Waals surface area contributed by atoms with Crippen molar-refractivity contribution < 1.29 is 28.5 Å². The van der Waals surface area contributed by atoms with Gasteiger partial charge in [0.25, 0.3) is 0 Å². The zero-order chi connectivity index (χ0) is 35.8. The largest absolute Gasteiger partial charge is 0.494 e. The first kappa shape index (κ1) is 38.1. The van der Waals surface area contributed by atoms with Gasteiger partial charge in [0.15, 0.2) is 5.82 Å². The standard InChI is InChI=1S/C19H25N3O3.C19H27N3O3/c1-3-4-5-6-7-10-24-15-8-9-16-14(11-15)12-20-17(21-16)19(2)13-25-18(23)22-19;1-3-4-5-6-7-10-24-16-8-9-17-15(11-16)12-21-18(22-17)14(2)13-25-19(20)23/h8-9,11-12H,3-7,10,13H2,1-2H3,(H,22,23);8-9,11-12,14H,3-7,10,13H2,1-2H3,(H2,20,23)/t19-;14-/m01/s1. The molecule has 0 saturated carbocycles. The third kappa shape index (κ3) is 11.7. The van der Waals surface area contributed by atoms with E-state index in [1.807, 2.05) is 50.2 Å². The predicted molar refractivity (Wildman–Crippen MR) is 193 cm³/mol. The maximum Gasteiger partial charge on any atom is 0.408 e. The van der Waals surface area contributed by atoms with E-state index >= 15 is 0 Å². The van der Waals surface area contributed by atoms with Crippen LogP contribution in [0.15, 0.2) is 48.8 Å². The molecule has 3 N–H and O–H groups in total. The molecule has 2 aromatic heterocycles. The highest BCUT2D eigenvalue weighted by Gasteiger charge is 2.39. The first-order valence-electron chi connectivity index (χ1n) is 17.9. The van der Waals surface area contributed by atoms with Gasteiger partial charge in [0.05, 0.1) is 30.2 Å². The van der Waals surface area contributed by atoms with Crippen molar-refractivity contribution in [1.82, 2.24) is 25.3 Å². The Morgan fingerprint density at radius 1 is 0.860 bits per heavy atom. The molecule has 0 bridgehead atoms. The van der Waals surface area contributed by atoms with E-state index < -0.39 is 17.7 Å². The van der Waals surface area contributed by atoms with Crippen molar-refractivity contribution in [1.29, 1.82) is 0 Å². The topological polar surface area (TPSA) is 161 Å². The molecular weight excluding hydrogens is 636 g/mol. The first-order chi connectivity index (χ1) is 24.2. The number of primary amides is 1. The van der Waals surface area contributed by atoms with Crippen LogP contribution in [0.1, 0.15) is 109 Å². The summed E-state index contributed by atoms with van der Waals surface area (Å²) in [5, 5.41) is 4.60. The number of unbranched alkanes of at least 4 members (excludes halogenated alkanes) is 8. The number of ether oxygens (including phenoxy) is 4. The minimum absolute atomic E-state index is 0.115. The number of benzene rings is 2. The molecule has 4 aromatic rings. The highest BCUT2D eigenvalue weighted by atomic mass is 16.6. The van der Waals surface area contributed by atoms with Gasteiger partial charge in [-0.3, -0.25) is 0 Å². The number of carbonyl (C=O) groups is 2. The second kappa shape index (κ2) is 19.4. The number of amides is 2. The van der Waals surface area contributed by atoms with Gasteiger partial charge < -0.3 is 30.0 Å². The molecule has 2 aromatic carbocycles. The lowest BCUT2D eigenvalue weighted by Gasteiger charge is -2.19. The van der Waals surface area contributed by atoms with Gasteiger partial charge in [-0.2, -0.15) is 0 Å². The van der Waals surface area contributed by atoms with Gasteiger partial charge in [-0.05, 0) is 56.2 Å². The Morgan fingerprint density at radius 2 is 1.42 bits per heavy atom. The van der Waals surface area contributed by atoms with E-state index in [0.29, 0.717) is 11.6 Å². The fourth-order valence-electron chi connectivity index (χ4n) is 5.42. The van der Waals surface area contributed by atoms with Crippen LogP contribution in [0.2, 0.25) is 0 Å². The highest BCUT2D eigenvalue weighted by molar-refractivity contribution is 5.80. The second-order valence-electron chi connectivity index (χ2n) is 13.0. The first-order valence-corrected chi connectivity index (χ1v) is 17.9. The van der Waals surface area contributed by atoms with E-state index in [1.54, 1.807) is 12.4 Å². The van der Waals surface area contributed by atoms with Gasteiger partial charge in [-0.1, -0.05) is 72.1 Å². The van der Waals surface area contributed by atoms with E-state index in [4.69, 9.17) is 24.7 Å². The van der Waals surface area contributed by atoms with Crippen LogP contribution in [0.4, 0.5) is 9.59 Å². The molecule has 3 heterocycles. The normalized spacial score (nSPS) is 15.9. The third-order valence-corrected chi connectivity index (χ3v) is 8.43. The summed E-state index contributed by atoms with van der Waals surface area (Å²) in [7, 11) is 0. The van der Waals surface area contributed by atoms with E-state index in [0.717, 1.165) is 59.4 Å². The zero-order valence-corrected chi connectivity index (χ0v) is 29.9. The fraction of sp³-hybridized carbons (Fsp3) is 0.526. The van der Waals surface area contributed by atoms with Gasteiger partial charge in [-0.15, -0.1) is 0 Å². The fourth-order valence-corrected chi connectivity index (χ4v) is 5.42. The Morgan fingerprint density at radius 3 is 1.96 bits per heavy atom. The summed E-state index contributed by atoms with van der Waals surface area (Å²) in [6.45, 7) is 10.0. The van der Waals surface area contributed by atoms with Crippen molar-refractivity contribution in [3.63, 3.8) is 0 Å². The van der Waals surface area contributed by atoms with Crippen molar-refractivity contribution in [3.05, 3.63) is 60.4 Å². The Hall–Kier alpha value is -4.74. The number of nitrogens with two attached hydrogens (primary N) is 1. The average Bonchev–Trinajstić information content (AvgIpc) is 3.48. The van der Waals surface area contributed by atoms with Gasteiger partial charge in [-0.25, -0.2) is 29.5 Å². The maximum absolute atomic E-state index is 11.3. The Balaban J connectivity index is 0.000000225. The number of cyclic esters (lactones) is 1. The Labute approximate surface area is 294 Å². The lowest BCUT2D eigenvalue weighted by molar-refractivity contribution is 0.150. The van der Waals surface area contributed by atoms with E-state index in [1.165, 1.54) is 51.4 Å². The number of hydrogen-bond donors (Lipinski definition) is 2. The van der Waals surface area contributed by atoms with E-state index in [-0.39, 0.29) is 19.1 Å². The minimum atomic E-state index is -0.788. The van der Waals surface area contributed by atoms with Gasteiger partial charge in [0, 0.05) is 23.2 Å². The number of rotatable bonds is 18. The third-order valence-electron chi connectivity index (χ3n) is 8.43. The summed E-state index contributed by atoms with van der Waals surface area (Å²) in [5.41, 5.74) is 5.96. The number of aromatic nitrogens is 4. The van der Waals surface area contributed by atoms with Gasteiger partial charge >= 0.3 is 12.2 Å². The maximum atomic E-state index is 11.3. The molecule has 0 aliphatic carbocycles. The highest BCUT2D eigenvalue weighted by Crippen LogP contribution is 2.26. The summed E-state index contributed by atoms with van der Waals surface area (Å²) >= 11 is 0. The van der Waals surface area contributed by atoms with Gasteiger partial charge in [0.1, 0.15) is 36.1 Å². The molecule has 270 valence electrons. The molecule has 1 fully saturated rings. The molecule has 12 nitrogen and oxygen atoms in total. The van der Waals surface area contributed by atoms with Crippen molar-refractivity contribution in [2.24, 2.45) is 5.73 Å². The number of carbonyl (C=O) groups excluding carboxylic acids is 2. The molecular formula is C38H52N6O6. The molecule has 1 aliphatic heterocycles. The second-order valence-corrected chi connectivity index (χ2v) is 13.0. The Bertz CT molecular complexity index is 1690. The van der Waals surface area contributed by atoms with E-state index in [9.17, 15) is 9.59 Å². The smallest absolute Gasteiger partial charge is 0.408 e. The van der Waals surface area contributed by atoms with Crippen LogP contribution < -0.4 is 20.5 Å². The van der Waals surface area contributed by atoms with Crippen molar-refractivity contribution >= 4 is 34.0 Å². The molecule has 2 amide bonds. The number of nitrogens with one attached hydrogen (secondary N) is 1. The number of nitrogens with zero attached hydrogens (tertiary/aromatic N) is 4. The van der Waals surface area contributed by atoms with Crippen molar-refractivity contribution in [2.75, 3.05) is 26.4 Å². The molecule has 2 atom stereocenters. The number of fused-ring (bicyclic) bond motifs is 2. The minimum Gasteiger partial charge on any atom is -0.494 e. The molecule has 0 spiro atoms. The zero-order valence-electron chi connectivity index (χ0n) is 29.9. The van der Waals surface area contributed by atoms with E-state index in [2.05, 4.69) is 39.1 Å². The molecule has 1 saturated heterocycles. The predicted octanol–water partition coefficient (Wildman–Crippen LogP) is 8.11. The Kier molecular flexibility index (Phi) is 14.8. The van der Waals surface area contributed by atoms with Crippen LogP contribution in [0.3, 0.4) is 0 Å². The SMILES string of the molecule is CCCCCCCOc1ccc2nc([C@H](C)COC(N)=O)ncc2c1.CCCCCCCOc1ccc2nc([C@]3(C)COC(=O)N3)ncc2c1. The molecule has 0 unspecified atom stereocenters. The summed E-state index contributed by atoms with van der Waals surface area (Å²) in [4.78, 5) is 39.9. The van der Waals surface area contributed by atoms with Crippen molar-refractivity contribution in [2.45, 2.75) is 103 Å². The summed E-state index contributed by atoms with van der Waals surface area (Å²) in [6, 6.07) is 11.6. The number of hydrogen-bond acceptors (Lipinski definition) is 10. The van der Waals surface area contributed by atoms with Crippen LogP contribution in [-0.4, -0.2) is 58.5 Å². The number of alkyl carbamates (subject to hydrolysis) is 1. The monoisotopic (exact) mass is 688 g/mol. The molecule has 0 radical (unpaired) electrons. The van der Waals surface area contributed by atoms with Crippen LogP contribution in [0.25, 0.3) is 21.8 Å². The van der Waals surface area contributed by atoms with Gasteiger partial charge in [0.2, 0.25) is 0 Å². The van der Waals surface area contributed by atoms with Crippen LogP contribution in [0.5, 0.6) is 11.5 Å². The molecule has 12 heteroatoms. The molecule has 5 rings (SSSR count). The van der Waals surface area contributed by atoms with Crippen molar-refractivity contribution in [3.8, 4) is 11.5 Å². The molecule has 1 aliphatic rings. The lowest BCUT2D eigenvalue weighted by atomic mass is 10.0. The summed E-state index contributed by atoms with van der Waals surface area (Å²) in [5.74, 6) is 2.73. The summed E-state index contributed by atoms with van der Waals surface area (Å²) in [6.07, 6.45) is 14.5. The quantitative estimate of drug-likeness (QED) is 0.0977. The van der Waals surface area contributed by atoms with Crippen LogP contribution >= 0.6 is 0 Å². The lowest BCUT2D eigenvalue weighted by Crippen LogP contribution is -2.39.